The molecule has 0 radical (unpaired) electrons. The first kappa shape index (κ1) is 10.1. The Kier molecular flexibility index (Phi) is 3.34. The summed E-state index contributed by atoms with van der Waals surface area (Å²) < 4.78 is 9.89. The van der Waals surface area contributed by atoms with Gasteiger partial charge in [-0.1, -0.05) is 20.8 Å². The fourth-order valence-electron chi connectivity index (χ4n) is 1.28. The fourth-order valence-corrected chi connectivity index (χ4v) is 1.28. The Morgan fingerprint density at radius 3 is 2.38 bits per heavy atom. The lowest BCUT2D eigenvalue weighted by atomic mass is 10.1. The van der Waals surface area contributed by atoms with Gasteiger partial charge < -0.3 is 8.83 Å². The van der Waals surface area contributed by atoms with E-state index in [0.29, 0.717) is 5.92 Å². The monoisotopic (exact) mass is 184 g/mol. The highest BCUT2D eigenvalue weighted by molar-refractivity contribution is 5.04. The minimum absolute atomic E-state index is 0.483. The Bertz CT molecular complexity index is 306. The van der Waals surface area contributed by atoms with Crippen molar-refractivity contribution < 1.29 is 8.83 Å². The minimum atomic E-state index is -0.570. The highest BCUT2D eigenvalue weighted by Crippen LogP contribution is 2.13. The van der Waals surface area contributed by atoms with Crippen LogP contribution in [-0.4, -0.2) is 0 Å². The minimum Gasteiger partial charge on any atom is -0.396 e. The van der Waals surface area contributed by atoms with Crippen molar-refractivity contribution in [1.82, 2.24) is 0 Å². The lowest BCUT2D eigenvalue weighted by Crippen LogP contribution is -1.96. The first-order valence-electron chi connectivity index (χ1n) is 4.75. The van der Waals surface area contributed by atoms with Crippen LogP contribution >= 0.6 is 0 Å². The molecule has 1 rings (SSSR count). The summed E-state index contributed by atoms with van der Waals surface area (Å²) in [7, 11) is 0. The number of aryl methyl sites for hydroxylation is 1. The van der Waals surface area contributed by atoms with Crippen LogP contribution in [0.25, 0.3) is 0 Å². The van der Waals surface area contributed by atoms with Crippen molar-refractivity contribution in [1.29, 1.82) is 0 Å². The molecular weight excluding hydrogens is 168 g/mol. The zero-order chi connectivity index (χ0) is 9.84. The van der Waals surface area contributed by atoms with Crippen LogP contribution in [0.2, 0.25) is 0 Å². The summed E-state index contributed by atoms with van der Waals surface area (Å²) in [4.78, 5) is 10.8. The van der Waals surface area contributed by atoms with Gasteiger partial charge in [-0.05, 0) is 12.3 Å². The van der Waals surface area contributed by atoms with Crippen LogP contribution in [0.1, 0.15) is 38.7 Å². The summed E-state index contributed by atoms with van der Waals surface area (Å²) in [6.45, 7) is 6.22. The van der Waals surface area contributed by atoms with E-state index in [1.54, 1.807) is 0 Å². The maximum Gasteiger partial charge on any atom is 0.519 e. The van der Waals surface area contributed by atoms with E-state index in [1.807, 2.05) is 6.92 Å². The van der Waals surface area contributed by atoms with Gasteiger partial charge in [-0.2, -0.15) is 0 Å². The van der Waals surface area contributed by atoms with Crippen molar-refractivity contribution in [2.75, 3.05) is 0 Å². The van der Waals surface area contributed by atoms with Crippen molar-refractivity contribution in [3.8, 4) is 0 Å². The molecule has 0 amide bonds. The van der Waals surface area contributed by atoms with E-state index < -0.39 is 5.82 Å². The molecule has 0 fully saturated rings. The van der Waals surface area contributed by atoms with Gasteiger partial charge in [0, 0.05) is 12.8 Å². The molecule has 13 heavy (non-hydrogen) atoms. The van der Waals surface area contributed by atoms with E-state index in [9.17, 15) is 4.79 Å². The summed E-state index contributed by atoms with van der Waals surface area (Å²) in [5.41, 5.74) is 0. The molecule has 0 aliphatic rings. The molecule has 0 saturated carbocycles. The summed E-state index contributed by atoms with van der Waals surface area (Å²) >= 11 is 0. The topological polar surface area (TPSA) is 43.4 Å². The Hall–Kier alpha value is -0.990. The van der Waals surface area contributed by atoms with Gasteiger partial charge in [-0.25, -0.2) is 4.79 Å². The molecule has 0 aliphatic carbocycles. The Morgan fingerprint density at radius 2 is 1.85 bits per heavy atom. The Morgan fingerprint density at radius 1 is 1.23 bits per heavy atom. The van der Waals surface area contributed by atoms with Gasteiger partial charge in [-0.15, -0.1) is 0 Å². The highest BCUT2D eigenvalue weighted by Gasteiger charge is 2.12. The van der Waals surface area contributed by atoms with Crippen molar-refractivity contribution in [3.63, 3.8) is 0 Å². The van der Waals surface area contributed by atoms with Crippen molar-refractivity contribution in [3.05, 3.63) is 22.1 Å². The second-order valence-electron chi connectivity index (χ2n) is 3.65. The first-order chi connectivity index (χ1) is 6.13. The second kappa shape index (κ2) is 4.30. The van der Waals surface area contributed by atoms with Gasteiger partial charge in [0.2, 0.25) is 0 Å². The highest BCUT2D eigenvalue weighted by atomic mass is 16.6. The number of hydrogen-bond donors (Lipinski definition) is 0. The van der Waals surface area contributed by atoms with Gasteiger partial charge in [0.25, 0.3) is 0 Å². The zero-order valence-corrected chi connectivity index (χ0v) is 8.42. The molecule has 0 aliphatic heterocycles. The molecule has 0 aromatic carbocycles. The molecule has 0 spiro atoms. The lowest BCUT2D eigenvalue weighted by Gasteiger charge is -2.00. The summed E-state index contributed by atoms with van der Waals surface area (Å²) in [5.74, 6) is 1.36. The van der Waals surface area contributed by atoms with Crippen LogP contribution in [0.15, 0.2) is 13.6 Å². The van der Waals surface area contributed by atoms with Gasteiger partial charge in [0.15, 0.2) is 0 Å². The molecule has 1 aromatic rings. The molecule has 0 bridgehead atoms. The van der Waals surface area contributed by atoms with Crippen molar-refractivity contribution in [2.45, 2.75) is 40.0 Å². The van der Waals surface area contributed by atoms with Crippen LogP contribution in [0.4, 0.5) is 0 Å². The number of rotatable bonds is 4. The largest absolute Gasteiger partial charge is 0.519 e. The first-order valence-corrected chi connectivity index (χ1v) is 4.75. The van der Waals surface area contributed by atoms with E-state index in [4.69, 9.17) is 8.83 Å². The summed E-state index contributed by atoms with van der Waals surface area (Å²) in [5, 5.41) is 0. The van der Waals surface area contributed by atoms with E-state index in [-0.39, 0.29) is 0 Å². The standard InChI is InChI=1S/C10H16O3/c1-4-5-8-9(6-7(2)3)13-10(11)12-8/h7H,4-6H2,1-3H3. The molecular formula is C10H16O3. The third kappa shape index (κ3) is 2.76. The van der Waals surface area contributed by atoms with E-state index in [2.05, 4.69) is 13.8 Å². The van der Waals surface area contributed by atoms with Crippen LogP contribution in [0.3, 0.4) is 0 Å². The van der Waals surface area contributed by atoms with Crippen LogP contribution < -0.4 is 5.82 Å². The fraction of sp³-hybridized carbons (Fsp3) is 0.700. The SMILES string of the molecule is CCCc1oc(=O)oc1CC(C)C. The Labute approximate surface area is 77.7 Å². The zero-order valence-electron chi connectivity index (χ0n) is 8.42. The quantitative estimate of drug-likeness (QED) is 0.721. The summed E-state index contributed by atoms with van der Waals surface area (Å²) in [6, 6.07) is 0. The Balaban J connectivity index is 2.84. The molecule has 3 nitrogen and oxygen atoms in total. The van der Waals surface area contributed by atoms with Gasteiger partial charge in [0.1, 0.15) is 11.5 Å². The molecule has 0 saturated heterocycles. The summed E-state index contributed by atoms with van der Waals surface area (Å²) in [6.07, 6.45) is 2.53. The molecule has 0 N–H and O–H groups in total. The second-order valence-corrected chi connectivity index (χ2v) is 3.65. The van der Waals surface area contributed by atoms with E-state index >= 15 is 0 Å². The average molecular weight is 184 g/mol. The van der Waals surface area contributed by atoms with Crippen molar-refractivity contribution >= 4 is 0 Å². The van der Waals surface area contributed by atoms with Crippen molar-refractivity contribution in [2.24, 2.45) is 5.92 Å². The molecule has 3 heteroatoms. The maximum atomic E-state index is 10.8. The normalized spacial score (nSPS) is 11.1. The average Bonchev–Trinajstić information content (AvgIpc) is 2.31. The molecule has 0 atom stereocenters. The van der Waals surface area contributed by atoms with E-state index in [0.717, 1.165) is 30.8 Å². The number of hydrogen-bond acceptors (Lipinski definition) is 3. The molecule has 74 valence electrons. The third-order valence-electron chi connectivity index (χ3n) is 1.79. The predicted molar refractivity (Wildman–Crippen MR) is 49.8 cm³/mol. The lowest BCUT2D eigenvalue weighted by molar-refractivity contribution is 0.361. The van der Waals surface area contributed by atoms with Crippen LogP contribution in [-0.2, 0) is 12.8 Å². The smallest absolute Gasteiger partial charge is 0.396 e. The molecule has 0 unspecified atom stereocenters. The molecule has 1 aromatic heterocycles. The molecule has 1 heterocycles. The van der Waals surface area contributed by atoms with Gasteiger partial charge in [-0.3, -0.25) is 0 Å². The van der Waals surface area contributed by atoms with Crippen LogP contribution in [0.5, 0.6) is 0 Å². The van der Waals surface area contributed by atoms with Gasteiger partial charge >= 0.3 is 5.82 Å². The third-order valence-corrected chi connectivity index (χ3v) is 1.79. The van der Waals surface area contributed by atoms with E-state index in [1.165, 1.54) is 0 Å². The predicted octanol–water partition coefficient (Wildman–Crippen LogP) is 2.38. The van der Waals surface area contributed by atoms with Gasteiger partial charge in [0.05, 0.1) is 0 Å². The maximum absolute atomic E-state index is 10.8. The van der Waals surface area contributed by atoms with Crippen LogP contribution in [0, 0.1) is 5.92 Å².